The van der Waals surface area contributed by atoms with Crippen molar-refractivity contribution in [3.05, 3.63) is 29.6 Å². The molecule has 102 valence electrons. The molecule has 6 heteroatoms. The molecule has 1 aromatic carbocycles. The lowest BCUT2D eigenvalue weighted by molar-refractivity contribution is -0.120. The number of carbonyl (C=O) groups is 2. The predicted octanol–water partition coefficient (Wildman–Crippen LogP) is 1.32. The number of hydrogen-bond donors (Lipinski definition) is 3. The molecule has 1 aliphatic heterocycles. The SMILES string of the molecule is CC1CNCC1C(=O)Nc1ccc(F)c(C(=O)O)c1. The van der Waals surface area contributed by atoms with Gasteiger partial charge in [0.15, 0.2) is 0 Å². The van der Waals surface area contributed by atoms with Crippen LogP contribution in [0.5, 0.6) is 0 Å². The Bertz CT molecular complexity index is 519. The number of anilines is 1. The number of carboxylic acid groups (broad SMARTS) is 1. The topological polar surface area (TPSA) is 78.4 Å². The Morgan fingerprint density at radius 3 is 2.74 bits per heavy atom. The standard InChI is InChI=1S/C13H15FN2O3/c1-7-5-15-6-10(7)12(17)16-8-2-3-11(14)9(4-8)13(18)19/h2-4,7,10,15H,5-6H2,1H3,(H,16,17)(H,18,19). The highest BCUT2D eigenvalue weighted by Gasteiger charge is 2.29. The molecule has 0 radical (unpaired) electrons. The summed E-state index contributed by atoms with van der Waals surface area (Å²) in [5.41, 5.74) is -0.154. The van der Waals surface area contributed by atoms with Gasteiger partial charge in [0.05, 0.1) is 11.5 Å². The van der Waals surface area contributed by atoms with Crippen LogP contribution in [0.4, 0.5) is 10.1 Å². The fourth-order valence-electron chi connectivity index (χ4n) is 2.16. The van der Waals surface area contributed by atoms with Gasteiger partial charge in [-0.15, -0.1) is 0 Å². The second kappa shape index (κ2) is 5.36. The van der Waals surface area contributed by atoms with Gasteiger partial charge in [-0.1, -0.05) is 6.92 Å². The number of carbonyl (C=O) groups excluding carboxylic acids is 1. The Kier molecular flexibility index (Phi) is 3.80. The molecule has 0 aliphatic carbocycles. The predicted molar refractivity (Wildman–Crippen MR) is 67.5 cm³/mol. The summed E-state index contributed by atoms with van der Waals surface area (Å²) in [6.07, 6.45) is 0. The zero-order chi connectivity index (χ0) is 14.0. The van der Waals surface area contributed by atoms with Crippen LogP contribution in [-0.4, -0.2) is 30.1 Å². The molecule has 1 aliphatic rings. The summed E-state index contributed by atoms with van der Waals surface area (Å²) in [7, 11) is 0. The van der Waals surface area contributed by atoms with E-state index in [9.17, 15) is 14.0 Å². The molecule has 2 rings (SSSR count). The highest BCUT2D eigenvalue weighted by molar-refractivity contribution is 5.95. The van der Waals surface area contributed by atoms with Gasteiger partial charge in [0.1, 0.15) is 5.82 Å². The number of rotatable bonds is 3. The molecule has 1 aromatic rings. The zero-order valence-electron chi connectivity index (χ0n) is 10.4. The highest BCUT2D eigenvalue weighted by Crippen LogP contribution is 2.20. The highest BCUT2D eigenvalue weighted by atomic mass is 19.1. The van der Waals surface area contributed by atoms with Crippen molar-refractivity contribution in [3.8, 4) is 0 Å². The maximum absolute atomic E-state index is 13.2. The van der Waals surface area contributed by atoms with Gasteiger partial charge in [-0.3, -0.25) is 4.79 Å². The van der Waals surface area contributed by atoms with Gasteiger partial charge < -0.3 is 15.7 Å². The summed E-state index contributed by atoms with van der Waals surface area (Å²) in [6.45, 7) is 3.35. The van der Waals surface area contributed by atoms with Crippen molar-refractivity contribution >= 4 is 17.6 Å². The molecular formula is C13H15FN2O3. The van der Waals surface area contributed by atoms with Crippen molar-refractivity contribution < 1.29 is 19.1 Å². The normalized spacial score (nSPS) is 22.2. The van der Waals surface area contributed by atoms with Gasteiger partial charge in [0.25, 0.3) is 0 Å². The Balaban J connectivity index is 2.13. The van der Waals surface area contributed by atoms with Gasteiger partial charge in [-0.05, 0) is 30.7 Å². The van der Waals surface area contributed by atoms with Crippen molar-refractivity contribution in [3.63, 3.8) is 0 Å². The molecule has 5 nitrogen and oxygen atoms in total. The third-order valence-electron chi connectivity index (χ3n) is 3.32. The summed E-state index contributed by atoms with van der Waals surface area (Å²) in [4.78, 5) is 22.8. The lowest BCUT2D eigenvalue weighted by atomic mass is 9.97. The molecule has 0 bridgehead atoms. The molecule has 2 unspecified atom stereocenters. The maximum Gasteiger partial charge on any atom is 0.338 e. The van der Waals surface area contributed by atoms with Crippen molar-refractivity contribution in [1.29, 1.82) is 0 Å². The van der Waals surface area contributed by atoms with Crippen LogP contribution in [0.3, 0.4) is 0 Å². The lowest BCUT2D eigenvalue weighted by Gasteiger charge is -2.14. The van der Waals surface area contributed by atoms with Crippen LogP contribution < -0.4 is 10.6 Å². The first kappa shape index (κ1) is 13.5. The van der Waals surface area contributed by atoms with Gasteiger partial charge in [-0.25, -0.2) is 9.18 Å². The quantitative estimate of drug-likeness (QED) is 0.771. The Morgan fingerprint density at radius 1 is 1.42 bits per heavy atom. The van der Waals surface area contributed by atoms with E-state index in [0.29, 0.717) is 12.2 Å². The van der Waals surface area contributed by atoms with Crippen molar-refractivity contribution in [1.82, 2.24) is 5.32 Å². The van der Waals surface area contributed by atoms with E-state index in [-0.39, 0.29) is 17.7 Å². The van der Waals surface area contributed by atoms with E-state index in [1.54, 1.807) is 0 Å². The van der Waals surface area contributed by atoms with Crippen LogP contribution >= 0.6 is 0 Å². The van der Waals surface area contributed by atoms with Gasteiger partial charge in [0.2, 0.25) is 5.91 Å². The fourth-order valence-corrected chi connectivity index (χ4v) is 2.16. The minimum Gasteiger partial charge on any atom is -0.478 e. The van der Waals surface area contributed by atoms with Crippen LogP contribution in [0.1, 0.15) is 17.3 Å². The van der Waals surface area contributed by atoms with Crippen LogP contribution in [0, 0.1) is 17.7 Å². The van der Waals surface area contributed by atoms with Crippen LogP contribution in [-0.2, 0) is 4.79 Å². The zero-order valence-corrected chi connectivity index (χ0v) is 10.4. The maximum atomic E-state index is 13.2. The van der Waals surface area contributed by atoms with Gasteiger partial charge >= 0.3 is 5.97 Å². The largest absolute Gasteiger partial charge is 0.478 e. The summed E-state index contributed by atoms with van der Waals surface area (Å²) in [6, 6.07) is 3.52. The Hall–Kier alpha value is -1.95. The van der Waals surface area contributed by atoms with E-state index in [4.69, 9.17) is 5.11 Å². The molecule has 1 fully saturated rings. The molecule has 19 heavy (non-hydrogen) atoms. The lowest BCUT2D eigenvalue weighted by Crippen LogP contribution is -2.27. The molecular weight excluding hydrogens is 251 g/mol. The molecule has 0 aromatic heterocycles. The van der Waals surface area contributed by atoms with E-state index in [2.05, 4.69) is 10.6 Å². The molecule has 2 atom stereocenters. The van der Waals surface area contributed by atoms with E-state index in [1.165, 1.54) is 6.07 Å². The van der Waals surface area contributed by atoms with E-state index in [0.717, 1.165) is 18.7 Å². The Morgan fingerprint density at radius 2 is 2.16 bits per heavy atom. The summed E-state index contributed by atoms with van der Waals surface area (Å²) in [5.74, 6) is -2.29. The second-order valence-corrected chi connectivity index (χ2v) is 4.73. The Labute approximate surface area is 109 Å². The van der Waals surface area contributed by atoms with Crippen LogP contribution in [0.25, 0.3) is 0 Å². The number of amides is 1. The van der Waals surface area contributed by atoms with Crippen molar-refractivity contribution in [2.75, 3.05) is 18.4 Å². The second-order valence-electron chi connectivity index (χ2n) is 4.73. The van der Waals surface area contributed by atoms with Gasteiger partial charge in [0, 0.05) is 12.2 Å². The first-order valence-electron chi connectivity index (χ1n) is 6.03. The summed E-state index contributed by atoms with van der Waals surface area (Å²) < 4.78 is 13.2. The number of carboxylic acids is 1. The molecule has 0 spiro atoms. The number of aromatic carboxylic acids is 1. The van der Waals surface area contributed by atoms with Crippen molar-refractivity contribution in [2.24, 2.45) is 11.8 Å². The third kappa shape index (κ3) is 2.90. The monoisotopic (exact) mass is 266 g/mol. The van der Waals surface area contributed by atoms with E-state index >= 15 is 0 Å². The van der Waals surface area contributed by atoms with Crippen LogP contribution in [0.15, 0.2) is 18.2 Å². The van der Waals surface area contributed by atoms with E-state index in [1.807, 2.05) is 6.92 Å². The molecule has 1 heterocycles. The summed E-state index contributed by atoms with van der Waals surface area (Å²) in [5, 5.41) is 14.6. The first-order valence-corrected chi connectivity index (χ1v) is 6.03. The fraction of sp³-hybridized carbons (Fsp3) is 0.385. The van der Waals surface area contributed by atoms with E-state index < -0.39 is 17.3 Å². The molecule has 3 N–H and O–H groups in total. The number of nitrogens with one attached hydrogen (secondary N) is 2. The van der Waals surface area contributed by atoms with Crippen LogP contribution in [0.2, 0.25) is 0 Å². The number of benzene rings is 1. The minimum absolute atomic E-state index is 0.154. The molecule has 1 saturated heterocycles. The minimum atomic E-state index is -1.36. The molecule has 0 saturated carbocycles. The summed E-state index contributed by atoms with van der Waals surface area (Å²) >= 11 is 0. The smallest absolute Gasteiger partial charge is 0.338 e. The average Bonchev–Trinajstić information content (AvgIpc) is 2.77. The first-order chi connectivity index (χ1) is 8.99. The van der Waals surface area contributed by atoms with Crippen molar-refractivity contribution in [2.45, 2.75) is 6.92 Å². The number of halogens is 1. The third-order valence-corrected chi connectivity index (χ3v) is 3.32. The number of hydrogen-bond acceptors (Lipinski definition) is 3. The molecule has 1 amide bonds. The average molecular weight is 266 g/mol. The van der Waals surface area contributed by atoms with Gasteiger partial charge in [-0.2, -0.15) is 0 Å².